The fraction of sp³-hybridized carbons (Fsp3) is 0.545. The molecule has 1 aliphatic heterocycles. The van der Waals surface area contributed by atoms with E-state index >= 15 is 0 Å². The molecule has 1 saturated heterocycles. The average molecular weight is 453 g/mol. The Kier molecular flexibility index (Phi) is 7.71. The van der Waals surface area contributed by atoms with Crippen LogP contribution in [-0.2, 0) is 21.4 Å². The lowest BCUT2D eigenvalue weighted by atomic mass is 10.0. The molecule has 1 aliphatic rings. The molecule has 2 heterocycles. The van der Waals surface area contributed by atoms with Crippen molar-refractivity contribution in [1.29, 1.82) is 0 Å². The molecule has 3 rings (SSSR count). The minimum Gasteiger partial charge on any atom is -0.389 e. The van der Waals surface area contributed by atoms with E-state index in [4.69, 9.17) is 4.74 Å². The monoisotopic (exact) mass is 452 g/mol. The highest BCUT2D eigenvalue weighted by Gasteiger charge is 2.32. The molecule has 0 unspecified atom stereocenters. The van der Waals surface area contributed by atoms with Crippen molar-refractivity contribution < 1.29 is 18.3 Å². The van der Waals surface area contributed by atoms with Crippen LogP contribution in [0, 0.1) is 27.7 Å². The van der Waals surface area contributed by atoms with E-state index in [-0.39, 0.29) is 6.61 Å². The van der Waals surface area contributed by atoms with E-state index in [1.807, 2.05) is 51.3 Å². The Bertz CT molecular complexity index is 924. The maximum atomic E-state index is 13.4. The largest absolute Gasteiger partial charge is 0.389 e. The molecule has 166 valence electrons. The number of thiophene rings is 1. The molecule has 2 aromatic rings. The third kappa shape index (κ3) is 5.30. The van der Waals surface area contributed by atoms with Crippen molar-refractivity contribution in [2.24, 2.45) is 0 Å². The number of hydrogen-bond acceptors (Lipinski definition) is 6. The van der Waals surface area contributed by atoms with Crippen molar-refractivity contribution in [3.05, 3.63) is 50.7 Å². The minimum absolute atomic E-state index is 0.275. The lowest BCUT2D eigenvalue weighted by Crippen LogP contribution is -2.50. The van der Waals surface area contributed by atoms with E-state index in [0.29, 0.717) is 44.2 Å². The molecule has 0 amide bonds. The predicted molar refractivity (Wildman–Crippen MR) is 121 cm³/mol. The maximum absolute atomic E-state index is 13.4. The summed E-state index contributed by atoms with van der Waals surface area (Å²) in [6, 6.07) is 6.04. The zero-order valence-electron chi connectivity index (χ0n) is 18.2. The number of β-amino-alcohol motifs (C(OH)–C–C–N with tert-alkyl or cyclic N) is 1. The van der Waals surface area contributed by atoms with Crippen LogP contribution in [0.3, 0.4) is 0 Å². The Balaban J connectivity index is 1.55. The Hall–Kier alpha value is -1.29. The van der Waals surface area contributed by atoms with Crippen molar-refractivity contribution in [2.45, 2.75) is 45.3 Å². The number of piperazine rings is 1. The van der Waals surface area contributed by atoms with Gasteiger partial charge in [0.05, 0.1) is 24.2 Å². The SMILES string of the molecule is Cc1cc(C)c(C)c(S(=O)(=O)N2CCN(C[C@@H](O)COCc3cccs3)CC2)c1C. The lowest BCUT2D eigenvalue weighted by Gasteiger charge is -2.35. The molecular formula is C22H32N2O4S2. The van der Waals surface area contributed by atoms with E-state index in [0.717, 1.165) is 27.1 Å². The second kappa shape index (κ2) is 9.89. The van der Waals surface area contributed by atoms with Gasteiger partial charge >= 0.3 is 0 Å². The first-order valence-electron chi connectivity index (χ1n) is 10.3. The lowest BCUT2D eigenvalue weighted by molar-refractivity contribution is 0.00611. The molecule has 1 aromatic carbocycles. The number of sulfonamides is 1. The van der Waals surface area contributed by atoms with E-state index in [1.54, 1.807) is 15.6 Å². The Labute approximate surface area is 184 Å². The maximum Gasteiger partial charge on any atom is 0.243 e. The van der Waals surface area contributed by atoms with Gasteiger partial charge in [-0.15, -0.1) is 11.3 Å². The van der Waals surface area contributed by atoms with Crippen LogP contribution in [0.2, 0.25) is 0 Å². The van der Waals surface area contributed by atoms with E-state index in [9.17, 15) is 13.5 Å². The van der Waals surface area contributed by atoms with Crippen LogP contribution in [0.15, 0.2) is 28.5 Å². The van der Waals surface area contributed by atoms with Crippen LogP contribution in [0.1, 0.15) is 27.1 Å². The molecule has 0 bridgehead atoms. The summed E-state index contributed by atoms with van der Waals surface area (Å²) in [5.41, 5.74) is 3.67. The highest BCUT2D eigenvalue weighted by molar-refractivity contribution is 7.89. The summed E-state index contributed by atoms with van der Waals surface area (Å²) in [5, 5.41) is 12.3. The van der Waals surface area contributed by atoms with Crippen LogP contribution in [0.5, 0.6) is 0 Å². The summed E-state index contributed by atoms with van der Waals surface area (Å²) in [6.07, 6.45) is -0.586. The number of benzene rings is 1. The number of aliphatic hydroxyl groups is 1. The summed E-state index contributed by atoms with van der Waals surface area (Å²) >= 11 is 1.64. The fourth-order valence-corrected chi connectivity index (χ4v) is 6.53. The first kappa shape index (κ1) is 23.4. The third-order valence-electron chi connectivity index (χ3n) is 5.83. The molecule has 0 saturated carbocycles. The minimum atomic E-state index is -3.54. The summed E-state index contributed by atoms with van der Waals surface area (Å²) < 4.78 is 33.9. The molecule has 0 aliphatic carbocycles. The van der Waals surface area contributed by atoms with Crippen LogP contribution in [0.25, 0.3) is 0 Å². The van der Waals surface area contributed by atoms with Gasteiger partial charge in [0.25, 0.3) is 0 Å². The Morgan fingerprint density at radius 2 is 1.73 bits per heavy atom. The van der Waals surface area contributed by atoms with E-state index in [2.05, 4.69) is 4.90 Å². The molecule has 8 heteroatoms. The zero-order valence-corrected chi connectivity index (χ0v) is 19.9. The number of nitrogens with zero attached hydrogens (tertiary/aromatic N) is 2. The van der Waals surface area contributed by atoms with Crippen LogP contribution in [-0.4, -0.2) is 68.2 Å². The smallest absolute Gasteiger partial charge is 0.243 e. The van der Waals surface area contributed by atoms with Gasteiger partial charge in [-0.25, -0.2) is 8.42 Å². The standard InChI is InChI=1S/C22H32N2O4S2/c1-16-12-17(2)19(4)22(18(16)3)30(26,27)24-9-7-23(8-10-24)13-20(25)14-28-15-21-6-5-11-29-21/h5-6,11-12,20,25H,7-10,13-15H2,1-4H3/t20-/m1/s1. The third-order valence-corrected chi connectivity index (χ3v) is 8.85. The van der Waals surface area contributed by atoms with Gasteiger partial charge in [0.15, 0.2) is 0 Å². The van der Waals surface area contributed by atoms with E-state index in [1.165, 1.54) is 0 Å². The number of aliphatic hydroxyl groups excluding tert-OH is 1. The summed E-state index contributed by atoms with van der Waals surface area (Å²) in [4.78, 5) is 3.69. The van der Waals surface area contributed by atoms with Crippen LogP contribution >= 0.6 is 11.3 Å². The number of hydrogen-bond donors (Lipinski definition) is 1. The molecule has 1 atom stereocenters. The van der Waals surface area contributed by atoms with Gasteiger partial charge in [0.2, 0.25) is 10.0 Å². The van der Waals surface area contributed by atoms with Gasteiger partial charge in [-0.05, 0) is 61.4 Å². The zero-order chi connectivity index (χ0) is 21.9. The molecule has 1 aromatic heterocycles. The van der Waals surface area contributed by atoms with Gasteiger partial charge in [0, 0.05) is 37.6 Å². The molecule has 0 spiro atoms. The summed E-state index contributed by atoms with van der Waals surface area (Å²) in [5.74, 6) is 0. The van der Waals surface area contributed by atoms with Crippen LogP contribution < -0.4 is 0 Å². The summed E-state index contributed by atoms with van der Waals surface area (Å²) in [6.45, 7) is 11.0. The first-order chi connectivity index (χ1) is 14.2. The Morgan fingerprint density at radius 1 is 1.10 bits per heavy atom. The number of ether oxygens (including phenoxy) is 1. The van der Waals surface area contributed by atoms with Gasteiger partial charge in [-0.3, -0.25) is 4.90 Å². The number of aryl methyl sites for hydroxylation is 2. The van der Waals surface area contributed by atoms with Gasteiger partial charge in [-0.2, -0.15) is 4.31 Å². The molecule has 1 fully saturated rings. The summed E-state index contributed by atoms with van der Waals surface area (Å²) in [7, 11) is -3.54. The number of rotatable bonds is 8. The second-order valence-corrected chi connectivity index (χ2v) is 10.9. The highest BCUT2D eigenvalue weighted by atomic mass is 32.2. The van der Waals surface area contributed by atoms with Crippen molar-refractivity contribution in [2.75, 3.05) is 39.3 Å². The average Bonchev–Trinajstić information content (AvgIpc) is 3.20. The molecule has 30 heavy (non-hydrogen) atoms. The van der Waals surface area contributed by atoms with Crippen molar-refractivity contribution >= 4 is 21.4 Å². The predicted octanol–water partition coefficient (Wildman–Crippen LogP) is 2.87. The normalized spacial score (nSPS) is 17.4. The van der Waals surface area contributed by atoms with Crippen LogP contribution in [0.4, 0.5) is 0 Å². The highest BCUT2D eigenvalue weighted by Crippen LogP contribution is 2.29. The van der Waals surface area contributed by atoms with E-state index < -0.39 is 16.1 Å². The topological polar surface area (TPSA) is 70.1 Å². The Morgan fingerprint density at radius 3 is 2.30 bits per heavy atom. The molecule has 6 nitrogen and oxygen atoms in total. The first-order valence-corrected chi connectivity index (χ1v) is 12.6. The quantitative estimate of drug-likeness (QED) is 0.667. The molecule has 0 radical (unpaired) electrons. The van der Waals surface area contributed by atoms with Gasteiger partial charge < -0.3 is 9.84 Å². The molecular weight excluding hydrogens is 420 g/mol. The van der Waals surface area contributed by atoms with Gasteiger partial charge in [-0.1, -0.05) is 12.1 Å². The van der Waals surface area contributed by atoms with Crippen molar-refractivity contribution in [1.82, 2.24) is 9.21 Å². The van der Waals surface area contributed by atoms with Crippen molar-refractivity contribution in [3.8, 4) is 0 Å². The van der Waals surface area contributed by atoms with Crippen molar-refractivity contribution in [3.63, 3.8) is 0 Å². The fourth-order valence-electron chi connectivity index (χ4n) is 3.89. The molecule has 1 N–H and O–H groups in total. The second-order valence-electron chi connectivity index (χ2n) is 8.04. The van der Waals surface area contributed by atoms with Gasteiger partial charge in [0.1, 0.15) is 0 Å².